The molecule has 1 aromatic heterocycles. The largest absolute Gasteiger partial charge is 0.357 e. The van der Waals surface area contributed by atoms with E-state index < -0.39 is 0 Å². The van der Waals surface area contributed by atoms with Gasteiger partial charge in [0.05, 0.1) is 6.04 Å². The lowest BCUT2D eigenvalue weighted by Gasteiger charge is -2.39. The van der Waals surface area contributed by atoms with Crippen LogP contribution in [-0.2, 0) is 11.3 Å². The topological polar surface area (TPSA) is 81.9 Å². The Bertz CT molecular complexity index is 898. The van der Waals surface area contributed by atoms with Crippen LogP contribution in [0.4, 0.5) is 0 Å². The molecule has 0 saturated carbocycles. The summed E-state index contributed by atoms with van der Waals surface area (Å²) in [6, 6.07) is 10.0. The number of nitrogens with one attached hydrogen (secondary N) is 1. The van der Waals surface area contributed by atoms with Gasteiger partial charge in [0, 0.05) is 51.5 Å². The third-order valence-electron chi connectivity index (χ3n) is 6.29. The zero-order valence-corrected chi connectivity index (χ0v) is 19.2. The van der Waals surface area contributed by atoms with Gasteiger partial charge < -0.3 is 15.1 Å². The molecule has 1 aromatic carbocycles. The molecule has 0 radical (unpaired) electrons. The number of carbonyl (C=O) groups excluding carboxylic acids is 1. The third kappa shape index (κ3) is 5.09. The number of aliphatic imine (C=N–C) groups is 1. The first-order valence-corrected chi connectivity index (χ1v) is 11.7. The van der Waals surface area contributed by atoms with E-state index in [0.717, 1.165) is 76.1 Å². The van der Waals surface area contributed by atoms with Crippen molar-refractivity contribution < 1.29 is 4.79 Å². The molecule has 3 heterocycles. The van der Waals surface area contributed by atoms with E-state index >= 15 is 0 Å². The molecule has 32 heavy (non-hydrogen) atoms. The molecule has 0 aliphatic carbocycles. The fraction of sp³-hybridized carbons (Fsp3) is 0.565. The average molecular weight is 439 g/mol. The number of likely N-dealkylation sites (tertiary alicyclic amines) is 1. The highest BCUT2D eigenvalue weighted by molar-refractivity contribution is 5.82. The van der Waals surface area contributed by atoms with E-state index in [2.05, 4.69) is 32.2 Å². The highest BCUT2D eigenvalue weighted by Gasteiger charge is 2.30. The van der Waals surface area contributed by atoms with Gasteiger partial charge in [-0.1, -0.05) is 18.2 Å². The van der Waals surface area contributed by atoms with E-state index in [-0.39, 0.29) is 11.9 Å². The van der Waals surface area contributed by atoms with Gasteiger partial charge in [0.25, 0.3) is 0 Å². The van der Waals surface area contributed by atoms with Crippen molar-refractivity contribution in [2.45, 2.75) is 39.3 Å². The Labute approximate surface area is 190 Å². The molecular weight excluding hydrogens is 404 g/mol. The molecule has 0 bridgehead atoms. The minimum absolute atomic E-state index is 0.0563. The van der Waals surface area contributed by atoms with Crippen LogP contribution in [0.3, 0.4) is 0 Å². The molecule has 4 rings (SSSR count). The number of guanidine groups is 1. The predicted molar refractivity (Wildman–Crippen MR) is 125 cm³/mol. The van der Waals surface area contributed by atoms with Gasteiger partial charge >= 0.3 is 0 Å². The Morgan fingerprint density at radius 2 is 1.78 bits per heavy atom. The molecule has 172 valence electrons. The summed E-state index contributed by atoms with van der Waals surface area (Å²) in [4.78, 5) is 24.2. The van der Waals surface area contributed by atoms with Crippen molar-refractivity contribution in [1.29, 1.82) is 0 Å². The first kappa shape index (κ1) is 22.3. The molecule has 2 fully saturated rings. The molecule has 2 saturated heterocycles. The van der Waals surface area contributed by atoms with Crippen LogP contribution in [0.2, 0.25) is 0 Å². The maximum atomic E-state index is 12.8. The number of benzene rings is 1. The highest BCUT2D eigenvalue weighted by Crippen LogP contribution is 2.14. The number of hydrogen-bond donors (Lipinski definition) is 1. The van der Waals surface area contributed by atoms with Crippen molar-refractivity contribution in [3.8, 4) is 5.69 Å². The Hall–Kier alpha value is -2.94. The number of rotatable bonds is 6. The van der Waals surface area contributed by atoms with Crippen molar-refractivity contribution in [2.24, 2.45) is 4.99 Å². The maximum Gasteiger partial charge on any atom is 0.239 e. The number of carbonyl (C=O) groups is 1. The van der Waals surface area contributed by atoms with Crippen LogP contribution in [0.5, 0.6) is 0 Å². The Morgan fingerprint density at radius 1 is 1.06 bits per heavy atom. The summed E-state index contributed by atoms with van der Waals surface area (Å²) in [7, 11) is 0. The summed E-state index contributed by atoms with van der Waals surface area (Å²) in [5.41, 5.74) is 1.03. The van der Waals surface area contributed by atoms with Crippen LogP contribution in [0.15, 0.2) is 41.7 Å². The molecule has 2 aromatic rings. The van der Waals surface area contributed by atoms with Crippen LogP contribution in [0, 0.1) is 0 Å². The quantitative estimate of drug-likeness (QED) is 0.542. The van der Waals surface area contributed by atoms with Gasteiger partial charge in [-0.05, 0) is 38.8 Å². The van der Waals surface area contributed by atoms with Crippen LogP contribution in [0.1, 0.15) is 32.5 Å². The van der Waals surface area contributed by atoms with Crippen molar-refractivity contribution in [3.05, 3.63) is 42.5 Å². The second kappa shape index (κ2) is 10.6. The average Bonchev–Trinajstić information content (AvgIpc) is 3.54. The summed E-state index contributed by atoms with van der Waals surface area (Å²) >= 11 is 0. The van der Waals surface area contributed by atoms with Crippen LogP contribution >= 0.6 is 0 Å². The van der Waals surface area contributed by atoms with Gasteiger partial charge in [-0.15, -0.1) is 10.2 Å². The number of piperazine rings is 1. The SMILES string of the molecule is CCNC(=NCc1nncn1-c1ccccc1)N1CCN(C(C)C(=O)N2CCCC2)CC1. The first-order chi connectivity index (χ1) is 15.7. The zero-order valence-electron chi connectivity index (χ0n) is 19.2. The molecule has 1 N–H and O–H groups in total. The van der Waals surface area contributed by atoms with Gasteiger partial charge in [0.1, 0.15) is 12.9 Å². The minimum atomic E-state index is -0.0563. The van der Waals surface area contributed by atoms with Crippen molar-refractivity contribution in [1.82, 2.24) is 34.8 Å². The lowest BCUT2D eigenvalue weighted by Crippen LogP contribution is -2.57. The number of para-hydroxylation sites is 1. The van der Waals surface area contributed by atoms with Crippen LogP contribution in [0.25, 0.3) is 5.69 Å². The van der Waals surface area contributed by atoms with Crippen LogP contribution < -0.4 is 5.32 Å². The molecule has 1 amide bonds. The van der Waals surface area contributed by atoms with Crippen LogP contribution in [-0.4, -0.2) is 93.2 Å². The number of aromatic nitrogens is 3. The summed E-state index contributed by atoms with van der Waals surface area (Å²) in [6.45, 7) is 10.6. The molecule has 1 atom stereocenters. The molecule has 2 aliphatic heterocycles. The van der Waals surface area contributed by atoms with Gasteiger partial charge in [-0.3, -0.25) is 14.3 Å². The Balaban J connectivity index is 1.37. The number of amides is 1. The Kier molecular flexibility index (Phi) is 7.36. The van der Waals surface area contributed by atoms with Gasteiger partial charge in [-0.25, -0.2) is 4.99 Å². The van der Waals surface area contributed by atoms with Crippen molar-refractivity contribution in [2.75, 3.05) is 45.8 Å². The van der Waals surface area contributed by atoms with E-state index in [1.165, 1.54) is 0 Å². The smallest absolute Gasteiger partial charge is 0.239 e. The molecule has 0 spiro atoms. The summed E-state index contributed by atoms with van der Waals surface area (Å²) in [6.07, 6.45) is 3.99. The molecule has 1 unspecified atom stereocenters. The number of hydrogen-bond acceptors (Lipinski definition) is 5. The van der Waals surface area contributed by atoms with E-state index in [1.54, 1.807) is 6.33 Å². The fourth-order valence-electron chi connectivity index (χ4n) is 4.42. The monoisotopic (exact) mass is 438 g/mol. The fourth-order valence-corrected chi connectivity index (χ4v) is 4.42. The predicted octanol–water partition coefficient (Wildman–Crippen LogP) is 1.36. The van der Waals surface area contributed by atoms with E-state index in [4.69, 9.17) is 4.99 Å². The normalized spacial score (nSPS) is 18.8. The minimum Gasteiger partial charge on any atom is -0.357 e. The van der Waals surface area contributed by atoms with E-state index in [1.807, 2.05) is 46.7 Å². The lowest BCUT2D eigenvalue weighted by atomic mass is 10.2. The van der Waals surface area contributed by atoms with Gasteiger partial charge in [-0.2, -0.15) is 0 Å². The van der Waals surface area contributed by atoms with Crippen molar-refractivity contribution in [3.63, 3.8) is 0 Å². The van der Waals surface area contributed by atoms with Crippen molar-refractivity contribution >= 4 is 11.9 Å². The standard InChI is InChI=1S/C23H34N8O/c1-3-24-23(25-17-21-27-26-18-31(21)20-9-5-4-6-10-20)30-15-13-28(14-16-30)19(2)22(32)29-11-7-8-12-29/h4-6,9-10,18-19H,3,7-8,11-17H2,1-2H3,(H,24,25). The Morgan fingerprint density at radius 3 is 2.47 bits per heavy atom. The van der Waals surface area contributed by atoms with E-state index in [0.29, 0.717) is 6.54 Å². The second-order valence-electron chi connectivity index (χ2n) is 8.35. The zero-order chi connectivity index (χ0) is 22.3. The summed E-state index contributed by atoms with van der Waals surface area (Å²) in [5, 5.41) is 11.8. The molecule has 9 heteroatoms. The lowest BCUT2D eigenvalue weighted by molar-refractivity contribution is -0.135. The molecule has 9 nitrogen and oxygen atoms in total. The summed E-state index contributed by atoms with van der Waals surface area (Å²) in [5.74, 6) is 1.96. The first-order valence-electron chi connectivity index (χ1n) is 11.7. The third-order valence-corrected chi connectivity index (χ3v) is 6.29. The maximum absolute atomic E-state index is 12.8. The highest BCUT2D eigenvalue weighted by atomic mass is 16.2. The van der Waals surface area contributed by atoms with E-state index in [9.17, 15) is 4.79 Å². The summed E-state index contributed by atoms with van der Waals surface area (Å²) < 4.78 is 1.97. The molecule has 2 aliphatic rings. The van der Waals surface area contributed by atoms with Gasteiger partial charge in [0.15, 0.2) is 11.8 Å². The molecular formula is C23H34N8O. The number of nitrogens with zero attached hydrogens (tertiary/aromatic N) is 7. The second-order valence-corrected chi connectivity index (χ2v) is 8.35. The van der Waals surface area contributed by atoms with Gasteiger partial charge in [0.2, 0.25) is 5.91 Å².